The summed E-state index contributed by atoms with van der Waals surface area (Å²) in [5.41, 5.74) is 6.97. The van der Waals surface area contributed by atoms with Crippen LogP contribution in [0.1, 0.15) is 18.1 Å². The van der Waals surface area contributed by atoms with Crippen molar-refractivity contribution in [2.75, 3.05) is 18.8 Å². The van der Waals surface area contributed by atoms with Gasteiger partial charge in [-0.25, -0.2) is 8.42 Å². The van der Waals surface area contributed by atoms with E-state index in [0.717, 1.165) is 5.75 Å². The van der Waals surface area contributed by atoms with E-state index in [4.69, 9.17) is 18.0 Å². The zero-order chi connectivity index (χ0) is 14.8. The first-order chi connectivity index (χ1) is 9.40. The van der Waals surface area contributed by atoms with Crippen LogP contribution in [-0.2, 0) is 15.8 Å². The van der Waals surface area contributed by atoms with Crippen LogP contribution in [0.15, 0.2) is 24.3 Å². The molecule has 1 aliphatic heterocycles. The van der Waals surface area contributed by atoms with Gasteiger partial charge in [0, 0.05) is 29.7 Å². The maximum atomic E-state index is 12.5. The Balaban J connectivity index is 2.22. The Morgan fingerprint density at radius 3 is 2.85 bits per heavy atom. The molecule has 1 saturated heterocycles. The van der Waals surface area contributed by atoms with Gasteiger partial charge >= 0.3 is 0 Å². The number of thiocarbonyl (C=S) groups is 1. The van der Waals surface area contributed by atoms with Crippen molar-refractivity contribution in [1.82, 2.24) is 4.31 Å². The first kappa shape index (κ1) is 15.8. The summed E-state index contributed by atoms with van der Waals surface area (Å²) in [7, 11) is -3.32. The highest BCUT2D eigenvalue weighted by molar-refractivity contribution is 8.00. The lowest BCUT2D eigenvalue weighted by atomic mass is 10.1. The molecule has 0 aromatic heterocycles. The molecule has 2 rings (SSSR count). The molecule has 2 N–H and O–H groups in total. The van der Waals surface area contributed by atoms with Crippen LogP contribution in [0.4, 0.5) is 0 Å². The van der Waals surface area contributed by atoms with Gasteiger partial charge in [-0.3, -0.25) is 0 Å². The minimum Gasteiger partial charge on any atom is -0.389 e. The summed E-state index contributed by atoms with van der Waals surface area (Å²) < 4.78 is 26.6. The number of rotatable bonds is 4. The summed E-state index contributed by atoms with van der Waals surface area (Å²) in [5.74, 6) is 0.801. The average molecular weight is 331 g/mol. The van der Waals surface area contributed by atoms with Gasteiger partial charge in [0.1, 0.15) is 4.99 Å². The number of thioether (sulfide) groups is 1. The number of nitrogens with zero attached hydrogens (tertiary/aromatic N) is 1. The Kier molecular flexibility index (Phi) is 5.06. The summed E-state index contributed by atoms with van der Waals surface area (Å²) >= 11 is 6.79. The van der Waals surface area contributed by atoms with E-state index in [1.54, 1.807) is 34.3 Å². The van der Waals surface area contributed by atoms with Crippen molar-refractivity contribution in [2.45, 2.75) is 17.9 Å². The molecule has 1 aromatic rings. The maximum absolute atomic E-state index is 12.5. The molecule has 1 fully saturated rings. The average Bonchev–Trinajstić information content (AvgIpc) is 2.38. The van der Waals surface area contributed by atoms with Crippen LogP contribution in [0.2, 0.25) is 0 Å². The van der Waals surface area contributed by atoms with Gasteiger partial charge in [-0.2, -0.15) is 16.1 Å². The predicted molar refractivity (Wildman–Crippen MR) is 88.4 cm³/mol. The van der Waals surface area contributed by atoms with E-state index >= 15 is 0 Å². The number of hydrogen-bond acceptors (Lipinski definition) is 4. The van der Waals surface area contributed by atoms with E-state index in [0.29, 0.717) is 29.5 Å². The zero-order valence-corrected chi connectivity index (χ0v) is 13.7. The van der Waals surface area contributed by atoms with Crippen molar-refractivity contribution < 1.29 is 8.42 Å². The fraction of sp³-hybridized carbons (Fsp3) is 0.462. The summed E-state index contributed by atoms with van der Waals surface area (Å²) in [5, 5.41) is 0.337. The molecule has 0 bridgehead atoms. The fourth-order valence-corrected chi connectivity index (χ4v) is 5.28. The first-order valence-electron chi connectivity index (χ1n) is 6.37. The van der Waals surface area contributed by atoms with Crippen molar-refractivity contribution >= 4 is 39.0 Å². The number of nitrogens with two attached hydrogens (primary N) is 1. The minimum absolute atomic E-state index is 0.0438. The van der Waals surface area contributed by atoms with Crippen molar-refractivity contribution in [3.05, 3.63) is 35.4 Å². The van der Waals surface area contributed by atoms with Gasteiger partial charge in [0.15, 0.2) is 0 Å². The lowest BCUT2D eigenvalue weighted by Crippen LogP contribution is -2.41. The van der Waals surface area contributed by atoms with E-state index in [-0.39, 0.29) is 10.7 Å². The summed E-state index contributed by atoms with van der Waals surface area (Å²) in [4.78, 5) is 0.235. The molecule has 4 nitrogen and oxygen atoms in total. The summed E-state index contributed by atoms with van der Waals surface area (Å²) in [6, 6.07) is 7.15. The Morgan fingerprint density at radius 1 is 1.50 bits per heavy atom. The number of hydrogen-bond donors (Lipinski definition) is 1. The van der Waals surface area contributed by atoms with Gasteiger partial charge < -0.3 is 5.73 Å². The Morgan fingerprint density at radius 2 is 2.20 bits per heavy atom. The molecule has 1 aliphatic rings. The Bertz CT molecular complexity index is 601. The van der Waals surface area contributed by atoms with E-state index in [1.807, 2.05) is 6.07 Å². The standard InChI is InChI=1S/C13H18N2O2S3/c1-10-8-15(6-7-19-10)20(16,17)9-11-4-2-3-5-12(11)13(14)18/h2-5,10H,6-9H2,1H3,(H2,14,18). The second kappa shape index (κ2) is 6.43. The molecule has 110 valence electrons. The van der Waals surface area contributed by atoms with Crippen molar-refractivity contribution in [1.29, 1.82) is 0 Å². The Labute approximate surface area is 129 Å². The van der Waals surface area contributed by atoms with E-state index in [9.17, 15) is 8.42 Å². The first-order valence-corrected chi connectivity index (χ1v) is 9.44. The molecular formula is C13H18N2O2S3. The SMILES string of the molecule is CC1CN(S(=O)(=O)Cc2ccccc2C(N)=S)CCS1. The highest BCUT2D eigenvalue weighted by Gasteiger charge is 2.28. The quantitative estimate of drug-likeness (QED) is 0.850. The van der Waals surface area contributed by atoms with Gasteiger partial charge in [0.05, 0.1) is 5.75 Å². The molecule has 1 atom stereocenters. The van der Waals surface area contributed by atoms with Gasteiger partial charge in [-0.1, -0.05) is 43.4 Å². The minimum atomic E-state index is -3.32. The predicted octanol–water partition coefficient (Wildman–Crippen LogP) is 1.59. The van der Waals surface area contributed by atoms with Gasteiger partial charge in [0.25, 0.3) is 0 Å². The Hall–Kier alpha value is -0.630. The molecule has 1 heterocycles. The van der Waals surface area contributed by atoms with Gasteiger partial charge in [-0.05, 0) is 5.56 Å². The van der Waals surface area contributed by atoms with Crippen LogP contribution >= 0.6 is 24.0 Å². The van der Waals surface area contributed by atoms with Gasteiger partial charge in [-0.15, -0.1) is 0 Å². The van der Waals surface area contributed by atoms with E-state index in [2.05, 4.69) is 6.92 Å². The molecule has 0 saturated carbocycles. The molecular weight excluding hydrogens is 312 g/mol. The molecule has 1 aromatic carbocycles. The third-order valence-corrected chi connectivity index (χ3v) is 6.37. The third-order valence-electron chi connectivity index (χ3n) is 3.22. The lowest BCUT2D eigenvalue weighted by Gasteiger charge is -2.29. The van der Waals surface area contributed by atoms with Crippen LogP contribution in [0.5, 0.6) is 0 Å². The molecule has 20 heavy (non-hydrogen) atoms. The van der Waals surface area contributed by atoms with Crippen molar-refractivity contribution in [3.63, 3.8) is 0 Å². The molecule has 1 unspecified atom stereocenters. The van der Waals surface area contributed by atoms with Crippen LogP contribution < -0.4 is 5.73 Å². The molecule has 7 heteroatoms. The summed E-state index contributed by atoms with van der Waals surface area (Å²) in [6.07, 6.45) is 0. The zero-order valence-electron chi connectivity index (χ0n) is 11.3. The van der Waals surface area contributed by atoms with E-state index < -0.39 is 10.0 Å². The van der Waals surface area contributed by atoms with Crippen molar-refractivity contribution in [2.24, 2.45) is 5.73 Å². The lowest BCUT2D eigenvalue weighted by molar-refractivity contribution is 0.423. The second-order valence-corrected chi connectivity index (χ2v) is 8.77. The van der Waals surface area contributed by atoms with Crippen molar-refractivity contribution in [3.8, 4) is 0 Å². The molecule has 0 spiro atoms. The maximum Gasteiger partial charge on any atom is 0.218 e. The van der Waals surface area contributed by atoms with Crippen LogP contribution in [0, 0.1) is 0 Å². The topological polar surface area (TPSA) is 63.4 Å². The monoisotopic (exact) mass is 330 g/mol. The number of sulfonamides is 1. The van der Waals surface area contributed by atoms with Crippen LogP contribution in [0.3, 0.4) is 0 Å². The van der Waals surface area contributed by atoms with Gasteiger partial charge in [0.2, 0.25) is 10.0 Å². The largest absolute Gasteiger partial charge is 0.389 e. The highest BCUT2D eigenvalue weighted by Crippen LogP contribution is 2.23. The summed E-state index contributed by atoms with van der Waals surface area (Å²) in [6.45, 7) is 3.20. The van der Waals surface area contributed by atoms with Crippen LogP contribution in [0.25, 0.3) is 0 Å². The van der Waals surface area contributed by atoms with Crippen LogP contribution in [-0.4, -0.2) is 41.8 Å². The normalized spacial score (nSPS) is 20.8. The van der Waals surface area contributed by atoms with E-state index in [1.165, 1.54) is 0 Å². The smallest absolute Gasteiger partial charge is 0.218 e. The number of benzene rings is 1. The molecule has 0 radical (unpaired) electrons. The molecule has 0 aliphatic carbocycles. The highest BCUT2D eigenvalue weighted by atomic mass is 32.2. The second-order valence-electron chi connectivity index (χ2n) is 4.82. The third kappa shape index (κ3) is 3.72. The molecule has 0 amide bonds. The fourth-order valence-electron chi connectivity index (χ4n) is 2.21.